The van der Waals surface area contributed by atoms with Gasteiger partial charge >= 0.3 is 12.1 Å². The van der Waals surface area contributed by atoms with Crippen LogP contribution in [0.1, 0.15) is 67.7 Å². The number of aromatic carboxylic acids is 1. The number of rotatable bonds is 2. The van der Waals surface area contributed by atoms with Crippen molar-refractivity contribution in [1.82, 2.24) is 14.7 Å². The third kappa shape index (κ3) is 3.33. The summed E-state index contributed by atoms with van der Waals surface area (Å²) in [7, 11) is 0. The molecule has 0 spiro atoms. The second kappa shape index (κ2) is 5.54. The molecule has 126 valence electrons. The summed E-state index contributed by atoms with van der Waals surface area (Å²) >= 11 is 0. The predicted octanol–water partition coefficient (Wildman–Crippen LogP) is 2.60. The molecule has 0 radical (unpaired) electrons. The van der Waals surface area contributed by atoms with Gasteiger partial charge in [0.2, 0.25) is 0 Å². The Morgan fingerprint density at radius 1 is 1.26 bits per heavy atom. The fourth-order valence-corrected chi connectivity index (χ4v) is 2.97. The first-order chi connectivity index (χ1) is 10.8. The molecule has 1 aromatic heterocycles. The van der Waals surface area contributed by atoms with Crippen molar-refractivity contribution in [3.05, 3.63) is 17.0 Å². The topological polar surface area (TPSA) is 84.7 Å². The molecule has 0 atom stereocenters. The number of nitrogens with zero attached hydrogens (tertiary/aromatic N) is 3. The zero-order valence-electron chi connectivity index (χ0n) is 13.8. The highest BCUT2D eigenvalue weighted by atomic mass is 16.6. The van der Waals surface area contributed by atoms with Crippen LogP contribution in [0.3, 0.4) is 0 Å². The van der Waals surface area contributed by atoms with Crippen LogP contribution in [0.25, 0.3) is 0 Å². The number of amides is 1. The Morgan fingerprint density at radius 2 is 1.96 bits per heavy atom. The Hall–Kier alpha value is -2.05. The largest absolute Gasteiger partial charge is 0.476 e. The van der Waals surface area contributed by atoms with Crippen LogP contribution in [-0.2, 0) is 17.8 Å². The number of ether oxygens (including phenoxy) is 1. The lowest BCUT2D eigenvalue weighted by atomic mass is 10.1. The van der Waals surface area contributed by atoms with Crippen LogP contribution in [0.5, 0.6) is 0 Å². The molecular formula is C16H23N3O4. The first kappa shape index (κ1) is 15.8. The lowest BCUT2D eigenvalue weighted by molar-refractivity contribution is 0.0236. The second-order valence-corrected chi connectivity index (χ2v) is 7.27. The molecule has 7 nitrogen and oxygen atoms in total. The third-order valence-electron chi connectivity index (χ3n) is 4.08. The molecule has 3 rings (SSSR count). The lowest BCUT2D eigenvalue weighted by Gasteiger charge is -2.26. The van der Waals surface area contributed by atoms with E-state index in [4.69, 9.17) is 4.74 Å². The van der Waals surface area contributed by atoms with E-state index >= 15 is 0 Å². The maximum absolute atomic E-state index is 12.4. The number of carbonyl (C=O) groups excluding carboxylic acids is 1. The second-order valence-electron chi connectivity index (χ2n) is 7.27. The minimum Gasteiger partial charge on any atom is -0.476 e. The Labute approximate surface area is 135 Å². The summed E-state index contributed by atoms with van der Waals surface area (Å²) in [6, 6.07) is 0. The minimum absolute atomic E-state index is 0.147. The molecule has 1 saturated carbocycles. The van der Waals surface area contributed by atoms with Crippen molar-refractivity contribution in [3.8, 4) is 0 Å². The van der Waals surface area contributed by atoms with Gasteiger partial charge in [0.05, 0.1) is 12.2 Å². The minimum atomic E-state index is -0.990. The van der Waals surface area contributed by atoms with E-state index in [-0.39, 0.29) is 17.7 Å². The summed E-state index contributed by atoms with van der Waals surface area (Å²) in [4.78, 5) is 25.5. The third-order valence-corrected chi connectivity index (χ3v) is 4.08. The maximum Gasteiger partial charge on any atom is 0.410 e. The van der Waals surface area contributed by atoms with Gasteiger partial charge in [0, 0.05) is 18.7 Å². The van der Waals surface area contributed by atoms with E-state index in [2.05, 4.69) is 5.10 Å². The molecule has 1 aromatic rings. The van der Waals surface area contributed by atoms with Crippen LogP contribution in [0.15, 0.2) is 0 Å². The number of hydrogen-bond donors (Lipinski definition) is 1. The van der Waals surface area contributed by atoms with Gasteiger partial charge in [0.15, 0.2) is 5.69 Å². The molecule has 0 aromatic carbocycles. The molecule has 2 aliphatic rings. The average Bonchev–Trinajstić information content (AvgIpc) is 3.22. The van der Waals surface area contributed by atoms with Crippen LogP contribution in [0.4, 0.5) is 4.79 Å². The van der Waals surface area contributed by atoms with E-state index in [1.807, 2.05) is 20.8 Å². The number of aryl methyl sites for hydroxylation is 1. The van der Waals surface area contributed by atoms with Crippen molar-refractivity contribution in [2.75, 3.05) is 6.54 Å². The number of carboxylic acid groups (broad SMARTS) is 1. The van der Waals surface area contributed by atoms with Gasteiger partial charge < -0.3 is 14.7 Å². The molecule has 0 saturated heterocycles. The van der Waals surface area contributed by atoms with Crippen LogP contribution < -0.4 is 0 Å². The summed E-state index contributed by atoms with van der Waals surface area (Å²) in [5.74, 6) is -0.722. The summed E-state index contributed by atoms with van der Waals surface area (Å²) < 4.78 is 7.22. The van der Waals surface area contributed by atoms with E-state index in [0.717, 1.165) is 30.5 Å². The van der Waals surface area contributed by atoms with Crippen molar-refractivity contribution in [2.24, 2.45) is 0 Å². The van der Waals surface area contributed by atoms with Gasteiger partial charge in [-0.1, -0.05) is 0 Å². The van der Waals surface area contributed by atoms with Crippen molar-refractivity contribution >= 4 is 12.1 Å². The lowest BCUT2D eigenvalue weighted by Crippen LogP contribution is -2.36. The van der Waals surface area contributed by atoms with E-state index in [1.165, 1.54) is 0 Å². The Kier molecular flexibility index (Phi) is 3.82. The zero-order chi connectivity index (χ0) is 16.8. The van der Waals surface area contributed by atoms with Crippen molar-refractivity contribution in [3.63, 3.8) is 0 Å². The van der Waals surface area contributed by atoms with Gasteiger partial charge in [-0.3, -0.25) is 4.68 Å². The van der Waals surface area contributed by atoms with Gasteiger partial charge in [-0.25, -0.2) is 9.59 Å². The van der Waals surface area contributed by atoms with E-state index < -0.39 is 11.6 Å². The fourth-order valence-electron chi connectivity index (χ4n) is 2.97. The predicted molar refractivity (Wildman–Crippen MR) is 82.4 cm³/mol. The standard InChI is InChI=1S/C16H23N3O4/c1-16(2,3)23-15(22)18-7-4-8-19-11(9-18)12(10-5-6-10)13(17-19)14(20)21/h10H,4-9H2,1-3H3,(H,20,21). The summed E-state index contributed by atoms with van der Waals surface area (Å²) in [6.45, 7) is 7.09. The van der Waals surface area contributed by atoms with E-state index in [9.17, 15) is 14.7 Å². The number of aromatic nitrogens is 2. The molecule has 1 amide bonds. The molecule has 1 aliphatic heterocycles. The van der Waals surface area contributed by atoms with Gasteiger partial charge in [0.25, 0.3) is 0 Å². The Bertz CT molecular complexity index is 640. The van der Waals surface area contributed by atoms with Gasteiger partial charge in [0.1, 0.15) is 5.60 Å². The highest BCUT2D eigenvalue weighted by Crippen LogP contribution is 2.44. The molecular weight excluding hydrogens is 298 g/mol. The number of hydrogen-bond acceptors (Lipinski definition) is 4. The van der Waals surface area contributed by atoms with Crippen LogP contribution in [0, 0.1) is 0 Å². The molecule has 1 aliphatic carbocycles. The average molecular weight is 321 g/mol. The van der Waals surface area contributed by atoms with Crippen LogP contribution in [-0.4, -0.2) is 44.0 Å². The van der Waals surface area contributed by atoms with Crippen molar-refractivity contribution in [2.45, 2.75) is 64.6 Å². The zero-order valence-corrected chi connectivity index (χ0v) is 13.8. The normalized spacial score (nSPS) is 18.3. The monoisotopic (exact) mass is 321 g/mol. The van der Waals surface area contributed by atoms with Gasteiger partial charge in [-0.15, -0.1) is 0 Å². The summed E-state index contributed by atoms with van der Waals surface area (Å²) in [5.41, 5.74) is 1.27. The molecule has 0 unspecified atom stereocenters. The van der Waals surface area contributed by atoms with Crippen molar-refractivity contribution < 1.29 is 19.4 Å². The molecule has 0 bridgehead atoms. The van der Waals surface area contributed by atoms with Gasteiger partial charge in [-0.2, -0.15) is 5.10 Å². The summed E-state index contributed by atoms with van der Waals surface area (Å²) in [6.07, 6.45) is 2.36. The Morgan fingerprint density at radius 3 is 2.52 bits per heavy atom. The smallest absolute Gasteiger partial charge is 0.410 e. The SMILES string of the molecule is CC(C)(C)OC(=O)N1CCCn2nc(C(=O)O)c(C3CC3)c2C1. The first-order valence-electron chi connectivity index (χ1n) is 8.07. The van der Waals surface area contributed by atoms with E-state index in [1.54, 1.807) is 9.58 Å². The highest BCUT2D eigenvalue weighted by molar-refractivity contribution is 5.88. The van der Waals surface area contributed by atoms with Crippen LogP contribution in [0.2, 0.25) is 0 Å². The summed E-state index contributed by atoms with van der Waals surface area (Å²) in [5, 5.41) is 13.7. The highest BCUT2D eigenvalue weighted by Gasteiger charge is 2.37. The molecule has 1 N–H and O–H groups in total. The molecule has 1 fully saturated rings. The maximum atomic E-state index is 12.4. The number of carbonyl (C=O) groups is 2. The fraction of sp³-hybridized carbons (Fsp3) is 0.688. The van der Waals surface area contributed by atoms with Gasteiger partial charge in [-0.05, 0) is 46.0 Å². The van der Waals surface area contributed by atoms with E-state index in [0.29, 0.717) is 19.6 Å². The quantitative estimate of drug-likeness (QED) is 0.905. The molecule has 23 heavy (non-hydrogen) atoms. The molecule has 7 heteroatoms. The molecule has 2 heterocycles. The van der Waals surface area contributed by atoms with Crippen LogP contribution >= 0.6 is 0 Å². The number of carboxylic acids is 1. The first-order valence-corrected chi connectivity index (χ1v) is 8.07. The Balaban J connectivity index is 1.90. The number of fused-ring (bicyclic) bond motifs is 1. The van der Waals surface area contributed by atoms with Crippen molar-refractivity contribution in [1.29, 1.82) is 0 Å².